The zero-order chi connectivity index (χ0) is 19.3. The fraction of sp³-hybridized carbons (Fsp3) is 0.952. The van der Waals surface area contributed by atoms with Crippen LogP contribution in [0, 0.1) is 5.92 Å². The Bertz CT molecular complexity index is 266. The number of likely N-dealkylation sites (tertiary alicyclic amines) is 1. The van der Waals surface area contributed by atoms with E-state index < -0.39 is 0 Å². The summed E-state index contributed by atoms with van der Waals surface area (Å²) in [5, 5.41) is 6.44. The van der Waals surface area contributed by atoms with Gasteiger partial charge in [-0.25, -0.2) is 0 Å². The Balaban J connectivity index is 0. The lowest BCUT2D eigenvalue weighted by atomic mass is 9.99. The van der Waals surface area contributed by atoms with Crippen LogP contribution in [0.25, 0.3) is 0 Å². The van der Waals surface area contributed by atoms with Gasteiger partial charge >= 0.3 is 0 Å². The van der Waals surface area contributed by atoms with Crippen molar-refractivity contribution < 1.29 is 4.79 Å². The van der Waals surface area contributed by atoms with Gasteiger partial charge in [-0.1, -0.05) is 67.2 Å². The van der Waals surface area contributed by atoms with E-state index >= 15 is 0 Å². The molecule has 0 unspecified atom stereocenters. The Morgan fingerprint density at radius 1 is 0.880 bits per heavy atom. The van der Waals surface area contributed by atoms with Crippen LogP contribution in [-0.2, 0) is 4.79 Å². The molecule has 0 atom stereocenters. The number of hydrogen-bond donors (Lipinski definition) is 2. The first-order valence-electron chi connectivity index (χ1n) is 11.0. The first kappa shape index (κ1) is 26.6. The molecule has 1 aliphatic heterocycles. The smallest absolute Gasteiger partial charge is 0.225 e. The molecule has 0 radical (unpaired) electrons. The van der Waals surface area contributed by atoms with Crippen LogP contribution >= 0.6 is 0 Å². The number of carbonyl (C=O) groups is 1. The topological polar surface area (TPSA) is 44.4 Å². The highest BCUT2D eigenvalue weighted by Gasteiger charge is 2.31. The van der Waals surface area contributed by atoms with Gasteiger partial charge in [0, 0.05) is 19.6 Å². The monoisotopic (exact) mass is 357 g/mol. The second-order valence-corrected chi connectivity index (χ2v) is 6.22. The Morgan fingerprint density at radius 3 is 1.92 bits per heavy atom. The highest BCUT2D eigenvalue weighted by atomic mass is 16.2. The predicted octanol–water partition coefficient (Wildman–Crippen LogP) is 4.45. The molecule has 4 heteroatoms. The molecule has 1 saturated heterocycles. The van der Waals surface area contributed by atoms with E-state index in [4.69, 9.17) is 0 Å². The van der Waals surface area contributed by atoms with Crippen molar-refractivity contribution in [2.24, 2.45) is 5.92 Å². The number of carbonyl (C=O) groups excluding carboxylic acids is 1. The van der Waals surface area contributed by atoms with E-state index in [1.807, 2.05) is 27.7 Å². The quantitative estimate of drug-likeness (QED) is 0.479. The summed E-state index contributed by atoms with van der Waals surface area (Å²) >= 11 is 0. The number of rotatable bonds is 13. The molecule has 0 aromatic rings. The molecule has 4 nitrogen and oxygen atoms in total. The molecule has 25 heavy (non-hydrogen) atoms. The maximum absolute atomic E-state index is 11.9. The molecule has 1 heterocycles. The first-order valence-corrected chi connectivity index (χ1v) is 11.0. The Hall–Kier alpha value is -0.610. The van der Waals surface area contributed by atoms with Gasteiger partial charge in [-0.15, -0.1) is 0 Å². The first-order chi connectivity index (χ1) is 12.3. The molecule has 1 rings (SSSR count). The van der Waals surface area contributed by atoms with E-state index in [1.165, 1.54) is 38.5 Å². The molecule has 0 bridgehead atoms. The zero-order valence-electron chi connectivity index (χ0n) is 18.1. The number of nitrogens with zero attached hydrogens (tertiary/aromatic N) is 1. The van der Waals surface area contributed by atoms with Gasteiger partial charge < -0.3 is 15.5 Å². The average molecular weight is 358 g/mol. The molecule has 0 saturated carbocycles. The van der Waals surface area contributed by atoms with Crippen LogP contribution in [0.4, 0.5) is 0 Å². The Kier molecular flexibility index (Phi) is 22.8. The van der Waals surface area contributed by atoms with Crippen molar-refractivity contribution in [3.8, 4) is 0 Å². The van der Waals surface area contributed by atoms with Gasteiger partial charge in [-0.2, -0.15) is 0 Å². The van der Waals surface area contributed by atoms with Crippen LogP contribution in [-0.4, -0.2) is 50.1 Å². The highest BCUT2D eigenvalue weighted by molar-refractivity contribution is 5.79. The maximum Gasteiger partial charge on any atom is 0.225 e. The molecule has 0 aromatic heterocycles. The van der Waals surface area contributed by atoms with Crippen molar-refractivity contribution in [1.29, 1.82) is 0 Å². The van der Waals surface area contributed by atoms with Gasteiger partial charge in [-0.05, 0) is 38.9 Å². The van der Waals surface area contributed by atoms with Gasteiger partial charge in [0.15, 0.2) is 0 Å². The number of unbranched alkanes of at least 4 members (excludes halogenated alkanes) is 5. The molecule has 0 aromatic carbocycles. The molecule has 1 aliphatic rings. The van der Waals surface area contributed by atoms with E-state index in [1.54, 1.807) is 0 Å². The summed E-state index contributed by atoms with van der Waals surface area (Å²) in [4.78, 5) is 14.2. The third-order valence-electron chi connectivity index (χ3n) is 4.20. The minimum Gasteiger partial charge on any atom is -0.356 e. The molecular formula is C21H47N3O. The van der Waals surface area contributed by atoms with Gasteiger partial charge in [0.2, 0.25) is 5.91 Å². The van der Waals surface area contributed by atoms with E-state index in [9.17, 15) is 4.79 Å². The lowest BCUT2D eigenvalue weighted by Crippen LogP contribution is -2.53. The minimum absolute atomic E-state index is 0.252. The summed E-state index contributed by atoms with van der Waals surface area (Å²) in [5.41, 5.74) is 0. The molecule has 0 aliphatic carbocycles. The van der Waals surface area contributed by atoms with Crippen molar-refractivity contribution in [3.05, 3.63) is 0 Å². The summed E-state index contributed by atoms with van der Waals surface area (Å²) in [5.74, 6) is 0.524. The van der Waals surface area contributed by atoms with Crippen molar-refractivity contribution in [3.63, 3.8) is 0 Å². The SMILES string of the molecule is CC.CC.CCCN1CC(C(=O)NCCCCCCCCNCC)C1. The van der Waals surface area contributed by atoms with Crippen LogP contribution in [0.15, 0.2) is 0 Å². The zero-order valence-corrected chi connectivity index (χ0v) is 18.1. The normalized spacial score (nSPS) is 13.8. The highest BCUT2D eigenvalue weighted by Crippen LogP contribution is 2.15. The molecule has 1 amide bonds. The number of hydrogen-bond acceptors (Lipinski definition) is 3. The lowest BCUT2D eigenvalue weighted by molar-refractivity contribution is -0.130. The van der Waals surface area contributed by atoms with E-state index in [-0.39, 0.29) is 11.8 Å². The van der Waals surface area contributed by atoms with Crippen LogP contribution in [0.3, 0.4) is 0 Å². The molecule has 152 valence electrons. The minimum atomic E-state index is 0.252. The molecule has 1 fully saturated rings. The Morgan fingerprint density at radius 2 is 1.40 bits per heavy atom. The Labute approximate surface area is 158 Å². The standard InChI is InChI=1S/C17H35N3O.2C2H6/c1-3-13-20-14-16(15-20)17(21)19-12-10-8-6-5-7-9-11-18-4-2;2*1-2/h16,18H,3-15H2,1-2H3,(H,19,21);2*1-2H3. The van der Waals surface area contributed by atoms with E-state index in [0.717, 1.165) is 45.7 Å². The number of nitrogens with one attached hydrogen (secondary N) is 2. The van der Waals surface area contributed by atoms with Gasteiger partial charge in [0.05, 0.1) is 5.92 Å². The fourth-order valence-electron chi connectivity index (χ4n) is 2.85. The van der Waals surface area contributed by atoms with Gasteiger partial charge in [0.1, 0.15) is 0 Å². The van der Waals surface area contributed by atoms with Crippen molar-refractivity contribution in [1.82, 2.24) is 15.5 Å². The summed E-state index contributed by atoms with van der Waals surface area (Å²) in [7, 11) is 0. The third kappa shape index (κ3) is 15.4. The van der Waals surface area contributed by atoms with Crippen LogP contribution in [0.5, 0.6) is 0 Å². The van der Waals surface area contributed by atoms with Crippen molar-refractivity contribution >= 4 is 5.91 Å². The second kappa shape index (κ2) is 21.4. The van der Waals surface area contributed by atoms with E-state index in [2.05, 4.69) is 29.4 Å². The maximum atomic E-state index is 11.9. The van der Waals surface area contributed by atoms with E-state index in [0.29, 0.717) is 0 Å². The third-order valence-corrected chi connectivity index (χ3v) is 4.20. The fourth-order valence-corrected chi connectivity index (χ4v) is 2.85. The summed E-state index contributed by atoms with van der Waals surface area (Å²) < 4.78 is 0. The van der Waals surface area contributed by atoms with Crippen LogP contribution < -0.4 is 10.6 Å². The largest absolute Gasteiger partial charge is 0.356 e. The molecule has 2 N–H and O–H groups in total. The van der Waals surface area contributed by atoms with Gasteiger partial charge in [0.25, 0.3) is 0 Å². The second-order valence-electron chi connectivity index (χ2n) is 6.22. The van der Waals surface area contributed by atoms with Gasteiger partial charge in [-0.3, -0.25) is 4.79 Å². The number of amides is 1. The van der Waals surface area contributed by atoms with Crippen molar-refractivity contribution in [2.45, 2.75) is 86.5 Å². The average Bonchev–Trinajstić information content (AvgIpc) is 2.62. The van der Waals surface area contributed by atoms with Crippen LogP contribution in [0.1, 0.15) is 86.5 Å². The van der Waals surface area contributed by atoms with Crippen molar-refractivity contribution in [2.75, 3.05) is 39.3 Å². The summed E-state index contributed by atoms with van der Waals surface area (Å²) in [6.45, 7) is 18.5. The summed E-state index contributed by atoms with van der Waals surface area (Å²) in [6.07, 6.45) is 8.81. The lowest BCUT2D eigenvalue weighted by Gasteiger charge is -2.38. The predicted molar refractivity (Wildman–Crippen MR) is 112 cm³/mol. The molecular weight excluding hydrogens is 310 g/mol. The molecule has 0 spiro atoms. The summed E-state index contributed by atoms with van der Waals surface area (Å²) in [6, 6.07) is 0. The van der Waals surface area contributed by atoms with Crippen LogP contribution in [0.2, 0.25) is 0 Å².